The monoisotopic (exact) mass is 584 g/mol. The van der Waals surface area contributed by atoms with E-state index in [4.69, 9.17) is 9.72 Å². The number of fused-ring (bicyclic) bond motifs is 1. The molecule has 2 saturated heterocycles. The van der Waals surface area contributed by atoms with Gasteiger partial charge < -0.3 is 25.2 Å². The van der Waals surface area contributed by atoms with Gasteiger partial charge in [-0.15, -0.1) is 0 Å². The summed E-state index contributed by atoms with van der Waals surface area (Å²) in [7, 11) is 0. The lowest BCUT2D eigenvalue weighted by Gasteiger charge is -2.48. The van der Waals surface area contributed by atoms with Crippen LogP contribution >= 0.6 is 0 Å². The third kappa shape index (κ3) is 5.65. The lowest BCUT2D eigenvalue weighted by Crippen LogP contribution is -2.52. The molecule has 2 N–H and O–H groups in total. The zero-order valence-electron chi connectivity index (χ0n) is 23.2. The first-order valence-corrected chi connectivity index (χ1v) is 14.2. The summed E-state index contributed by atoms with van der Waals surface area (Å²) in [5, 5.41) is 9.96. The molecule has 3 aromatic heterocycles. The van der Waals surface area contributed by atoms with Crippen LogP contribution in [0.25, 0.3) is 16.9 Å². The highest BCUT2D eigenvalue weighted by Gasteiger charge is 2.45. The maximum absolute atomic E-state index is 13.1. The number of nitrogens with zero attached hydrogens (tertiary/aromatic N) is 8. The molecule has 6 rings (SSSR count). The summed E-state index contributed by atoms with van der Waals surface area (Å²) >= 11 is 0. The first-order valence-electron chi connectivity index (χ1n) is 14.2. The summed E-state index contributed by atoms with van der Waals surface area (Å²) in [4.78, 5) is 42.6. The lowest BCUT2D eigenvalue weighted by atomic mass is 9.61. The number of hydrogen-bond donors (Lipinski definition) is 2. The average Bonchev–Trinajstić information content (AvgIpc) is 3.58. The fraction of sp³-hybridized carbons (Fsp3) is 0.556. The predicted octanol–water partition coefficient (Wildman–Crippen LogP) is 2.12. The van der Waals surface area contributed by atoms with Gasteiger partial charge in [-0.3, -0.25) is 14.2 Å². The van der Waals surface area contributed by atoms with Crippen LogP contribution in [0.5, 0.6) is 0 Å². The second-order valence-electron chi connectivity index (χ2n) is 11.1. The smallest absolute Gasteiger partial charge is 0.333 e. The van der Waals surface area contributed by atoms with Crippen LogP contribution in [0.3, 0.4) is 0 Å². The van der Waals surface area contributed by atoms with E-state index in [9.17, 15) is 18.4 Å². The molecular weight excluding hydrogens is 550 g/mol. The number of likely N-dealkylation sites (tertiary alicyclic amines) is 1. The Morgan fingerprint density at radius 1 is 1.17 bits per heavy atom. The highest BCUT2D eigenvalue weighted by Crippen LogP contribution is 2.49. The van der Waals surface area contributed by atoms with Gasteiger partial charge in [0, 0.05) is 32.2 Å². The molecule has 1 saturated carbocycles. The third-order valence-corrected chi connectivity index (χ3v) is 8.42. The Bertz CT molecular complexity index is 1460. The summed E-state index contributed by atoms with van der Waals surface area (Å²) in [6.45, 7) is 4.50. The molecule has 3 aliphatic rings. The van der Waals surface area contributed by atoms with E-state index in [-0.39, 0.29) is 29.8 Å². The fourth-order valence-corrected chi connectivity index (χ4v) is 6.21. The van der Waals surface area contributed by atoms with Gasteiger partial charge in [-0.25, -0.2) is 9.67 Å². The van der Waals surface area contributed by atoms with Crippen LogP contribution in [0, 0.1) is 5.41 Å². The molecule has 5 heterocycles. The first-order chi connectivity index (χ1) is 20.3. The van der Waals surface area contributed by atoms with E-state index in [1.54, 1.807) is 4.57 Å². The highest BCUT2D eigenvalue weighted by atomic mass is 19.3. The van der Waals surface area contributed by atoms with Crippen molar-refractivity contribution in [3.63, 3.8) is 0 Å². The van der Waals surface area contributed by atoms with Gasteiger partial charge in [0.05, 0.1) is 37.8 Å². The number of imidazole rings is 1. The molecule has 0 radical (unpaired) electrons. The van der Waals surface area contributed by atoms with Crippen molar-refractivity contribution < 1.29 is 23.1 Å². The van der Waals surface area contributed by atoms with Crippen molar-refractivity contribution in [3.8, 4) is 5.69 Å². The second kappa shape index (κ2) is 11.6. The molecule has 1 spiro atoms. The van der Waals surface area contributed by atoms with Gasteiger partial charge in [0.2, 0.25) is 17.8 Å². The van der Waals surface area contributed by atoms with Crippen LogP contribution in [0.2, 0.25) is 0 Å². The Balaban J connectivity index is 1.13. The minimum atomic E-state index is -2.77. The Morgan fingerprint density at radius 3 is 2.71 bits per heavy atom. The van der Waals surface area contributed by atoms with E-state index >= 15 is 0 Å². The number of alkyl halides is 2. The highest BCUT2D eigenvalue weighted by molar-refractivity contribution is 5.88. The van der Waals surface area contributed by atoms with E-state index in [2.05, 4.69) is 32.3 Å². The van der Waals surface area contributed by atoms with Gasteiger partial charge >= 0.3 is 6.55 Å². The maximum atomic E-state index is 13.1. The van der Waals surface area contributed by atoms with Crippen molar-refractivity contribution in [2.24, 2.45) is 5.41 Å². The third-order valence-electron chi connectivity index (χ3n) is 8.42. The first kappa shape index (κ1) is 28.0. The molecule has 15 heteroatoms. The predicted molar refractivity (Wildman–Crippen MR) is 149 cm³/mol. The molecular formula is C27H34F2N10O3. The van der Waals surface area contributed by atoms with Gasteiger partial charge in [-0.05, 0) is 43.6 Å². The molecule has 0 aromatic carbocycles. The fourth-order valence-electron chi connectivity index (χ4n) is 6.21. The quantitative estimate of drug-likeness (QED) is 0.382. The largest absolute Gasteiger partial charge is 0.378 e. The Morgan fingerprint density at radius 2 is 1.98 bits per heavy atom. The molecule has 2 amide bonds. The van der Waals surface area contributed by atoms with Crippen LogP contribution in [-0.2, 0) is 14.3 Å². The molecule has 3 aromatic rings. The summed E-state index contributed by atoms with van der Waals surface area (Å²) < 4.78 is 33.9. The topological polar surface area (TPSA) is 135 Å². The number of carbonyl (C=O) groups is 2. The van der Waals surface area contributed by atoms with Crippen LogP contribution in [0.1, 0.15) is 38.7 Å². The van der Waals surface area contributed by atoms with Crippen LogP contribution in [-0.4, -0.2) is 98.0 Å². The minimum absolute atomic E-state index is 0.0179. The number of rotatable bonds is 8. The van der Waals surface area contributed by atoms with Gasteiger partial charge in [0.1, 0.15) is 6.33 Å². The molecule has 2 aliphatic heterocycles. The molecule has 0 atom stereocenters. The summed E-state index contributed by atoms with van der Waals surface area (Å²) in [6, 6.07) is 0.0841. The standard InChI is InChI=1S/C27H34F2N10O3/c1-2-21(41)36-6-3-4-27(5-7-36)12-18(13-27)33-20(40)15-30-23-22-24(35-26(34-23)37-8-10-42-11-9-37)38(17-31-22)19-14-32-39(16-19)25(28)29/h2,14,16-18,25H,1,3-13,15H2,(H,33,40)(H,30,34,35). The number of ether oxygens (including phenoxy) is 1. The molecule has 224 valence electrons. The Labute approximate surface area is 240 Å². The SMILES string of the molecule is C=CC(=O)N1CCCC2(CC1)CC(NC(=O)CNc1nc(N3CCOCC3)nc3c1ncn3-c1cnn(C(F)F)c1)C2. The summed E-state index contributed by atoms with van der Waals surface area (Å²) in [5.74, 6) is 0.614. The van der Waals surface area contributed by atoms with E-state index < -0.39 is 6.55 Å². The number of hydrogen-bond acceptors (Lipinski definition) is 9. The zero-order valence-corrected chi connectivity index (χ0v) is 23.2. The molecule has 13 nitrogen and oxygen atoms in total. The van der Waals surface area contributed by atoms with E-state index in [1.165, 1.54) is 24.8 Å². The van der Waals surface area contributed by atoms with Crippen molar-refractivity contribution in [2.45, 2.75) is 44.7 Å². The van der Waals surface area contributed by atoms with E-state index in [1.807, 2.05) is 9.80 Å². The van der Waals surface area contributed by atoms with Gasteiger partial charge in [-0.2, -0.15) is 23.8 Å². The lowest BCUT2D eigenvalue weighted by molar-refractivity contribution is -0.126. The molecule has 1 aliphatic carbocycles. The Kier molecular flexibility index (Phi) is 7.75. The number of aromatic nitrogens is 6. The molecule has 42 heavy (non-hydrogen) atoms. The minimum Gasteiger partial charge on any atom is -0.378 e. The number of morpholine rings is 1. The number of halogens is 2. The van der Waals surface area contributed by atoms with Gasteiger partial charge in [0.25, 0.3) is 0 Å². The molecule has 3 fully saturated rings. The number of anilines is 2. The Hall–Kier alpha value is -4.14. The van der Waals surface area contributed by atoms with Crippen molar-refractivity contribution in [1.82, 2.24) is 39.5 Å². The molecule has 0 bridgehead atoms. The number of nitrogens with one attached hydrogen (secondary N) is 2. The van der Waals surface area contributed by atoms with Gasteiger partial charge in [-0.1, -0.05) is 6.58 Å². The van der Waals surface area contributed by atoms with Crippen LogP contribution in [0.4, 0.5) is 20.5 Å². The van der Waals surface area contributed by atoms with Gasteiger partial charge in [0.15, 0.2) is 17.0 Å². The average molecular weight is 585 g/mol. The summed E-state index contributed by atoms with van der Waals surface area (Å²) in [5.41, 5.74) is 1.35. The van der Waals surface area contributed by atoms with Crippen molar-refractivity contribution in [1.29, 1.82) is 0 Å². The molecule has 0 unspecified atom stereocenters. The van der Waals surface area contributed by atoms with Crippen LogP contribution < -0.4 is 15.5 Å². The second-order valence-corrected chi connectivity index (χ2v) is 11.1. The maximum Gasteiger partial charge on any atom is 0.333 e. The van der Waals surface area contributed by atoms with Crippen LogP contribution in [0.15, 0.2) is 31.4 Å². The normalized spacial score (nSPS) is 22.7. The zero-order chi connectivity index (χ0) is 29.3. The van der Waals surface area contributed by atoms with Crippen molar-refractivity contribution >= 4 is 34.7 Å². The number of carbonyl (C=O) groups excluding carboxylic acids is 2. The van der Waals surface area contributed by atoms with E-state index in [0.717, 1.165) is 45.2 Å². The van der Waals surface area contributed by atoms with Crippen molar-refractivity contribution in [2.75, 3.05) is 56.2 Å². The number of amides is 2. The van der Waals surface area contributed by atoms with E-state index in [0.29, 0.717) is 59.6 Å². The summed E-state index contributed by atoms with van der Waals surface area (Å²) in [6.07, 6.45) is 10.1. The van der Waals surface area contributed by atoms with Crippen molar-refractivity contribution in [3.05, 3.63) is 31.4 Å².